The molecule has 8 nitrogen and oxygen atoms in total. The molecule has 1 aliphatic heterocycles. The minimum absolute atomic E-state index is 0.0503. The van der Waals surface area contributed by atoms with Crippen LogP contribution in [0.2, 0.25) is 0 Å². The van der Waals surface area contributed by atoms with Crippen LogP contribution in [-0.4, -0.2) is 39.8 Å². The van der Waals surface area contributed by atoms with Gasteiger partial charge < -0.3 is 24.1 Å². The number of ether oxygens (including phenoxy) is 3. The van der Waals surface area contributed by atoms with E-state index in [1.165, 1.54) is 30.0 Å². The Labute approximate surface area is 174 Å². The van der Waals surface area contributed by atoms with Gasteiger partial charge in [-0.05, 0) is 24.3 Å². The van der Waals surface area contributed by atoms with Crippen LogP contribution < -0.4 is 19.5 Å². The average molecular weight is 434 g/mol. The quantitative estimate of drug-likeness (QED) is 0.594. The van der Waals surface area contributed by atoms with Gasteiger partial charge in [0.25, 0.3) is 0 Å². The molecule has 0 saturated heterocycles. The number of amides is 1. The first kappa shape index (κ1) is 20.0. The van der Waals surface area contributed by atoms with Gasteiger partial charge >= 0.3 is 6.29 Å². The summed E-state index contributed by atoms with van der Waals surface area (Å²) in [6.07, 6.45) is -3.70. The Morgan fingerprint density at radius 2 is 2.00 bits per heavy atom. The Kier molecular flexibility index (Phi) is 5.20. The van der Waals surface area contributed by atoms with E-state index < -0.39 is 6.29 Å². The van der Waals surface area contributed by atoms with Crippen LogP contribution in [0.4, 0.5) is 14.5 Å². The third kappa shape index (κ3) is 4.15. The first-order valence-corrected chi connectivity index (χ1v) is 9.69. The van der Waals surface area contributed by atoms with Crippen molar-refractivity contribution in [1.82, 2.24) is 14.8 Å². The molecule has 30 heavy (non-hydrogen) atoms. The monoisotopic (exact) mass is 434 g/mol. The van der Waals surface area contributed by atoms with E-state index >= 15 is 0 Å². The van der Waals surface area contributed by atoms with Crippen molar-refractivity contribution in [3.05, 3.63) is 42.5 Å². The minimum atomic E-state index is -3.70. The van der Waals surface area contributed by atoms with Crippen LogP contribution >= 0.6 is 11.8 Å². The zero-order chi connectivity index (χ0) is 21.3. The first-order valence-electron chi connectivity index (χ1n) is 8.71. The predicted octanol–water partition coefficient (Wildman–Crippen LogP) is 3.54. The van der Waals surface area contributed by atoms with Crippen LogP contribution in [-0.2, 0) is 11.8 Å². The van der Waals surface area contributed by atoms with Gasteiger partial charge in [-0.25, -0.2) is 0 Å². The number of thioether (sulfide) groups is 1. The molecule has 1 amide bonds. The van der Waals surface area contributed by atoms with Crippen molar-refractivity contribution in [1.29, 1.82) is 0 Å². The summed E-state index contributed by atoms with van der Waals surface area (Å²) < 4.78 is 41.9. The molecule has 0 bridgehead atoms. The van der Waals surface area contributed by atoms with Gasteiger partial charge in [-0.1, -0.05) is 23.9 Å². The fourth-order valence-corrected chi connectivity index (χ4v) is 3.52. The van der Waals surface area contributed by atoms with Crippen LogP contribution in [0.15, 0.2) is 47.6 Å². The van der Waals surface area contributed by atoms with E-state index in [0.29, 0.717) is 22.4 Å². The lowest BCUT2D eigenvalue weighted by atomic mass is 10.2. The number of anilines is 1. The van der Waals surface area contributed by atoms with E-state index in [1.807, 2.05) is 24.3 Å². The number of carbonyl (C=O) groups excluding carboxylic acids is 1. The third-order valence-corrected chi connectivity index (χ3v) is 5.20. The fourth-order valence-electron chi connectivity index (χ4n) is 2.81. The minimum Gasteiger partial charge on any atom is -0.497 e. The summed E-state index contributed by atoms with van der Waals surface area (Å²) in [5, 5.41) is 11.5. The zero-order valence-corrected chi connectivity index (χ0v) is 16.7. The number of rotatable bonds is 6. The van der Waals surface area contributed by atoms with Gasteiger partial charge in [0.05, 0.1) is 12.9 Å². The molecule has 0 atom stereocenters. The molecule has 0 unspecified atom stereocenters. The summed E-state index contributed by atoms with van der Waals surface area (Å²) in [6, 6.07) is 11.5. The molecule has 1 N–H and O–H groups in total. The lowest BCUT2D eigenvalue weighted by Crippen LogP contribution is -2.25. The molecule has 4 rings (SSSR count). The van der Waals surface area contributed by atoms with Crippen molar-refractivity contribution in [2.45, 2.75) is 11.5 Å². The van der Waals surface area contributed by atoms with E-state index in [2.05, 4.69) is 25.0 Å². The molecule has 11 heteroatoms. The standard InChI is InChI=1S/C19H16F2N4O4S/c1-25-17(11-4-3-5-13(8-11)27-2)23-24-18(25)30-10-16(26)22-12-6-7-14-15(9-12)29-19(20,21)28-14/h3-9H,10H2,1-2H3,(H,22,26). The van der Waals surface area contributed by atoms with Crippen molar-refractivity contribution in [2.24, 2.45) is 7.05 Å². The molecule has 3 aromatic rings. The van der Waals surface area contributed by atoms with E-state index in [-0.39, 0.29) is 23.2 Å². The number of aromatic nitrogens is 3. The topological polar surface area (TPSA) is 87.5 Å². The van der Waals surface area contributed by atoms with Crippen LogP contribution in [0.5, 0.6) is 17.2 Å². The molecule has 0 aliphatic carbocycles. The SMILES string of the molecule is COc1cccc(-c2nnc(SCC(=O)Nc3ccc4c(c3)OC(F)(F)O4)n2C)c1. The largest absolute Gasteiger partial charge is 0.586 e. The lowest BCUT2D eigenvalue weighted by Gasteiger charge is -2.07. The lowest BCUT2D eigenvalue weighted by molar-refractivity contribution is -0.286. The molecule has 0 saturated carbocycles. The van der Waals surface area contributed by atoms with Gasteiger partial charge in [0.2, 0.25) is 5.91 Å². The summed E-state index contributed by atoms with van der Waals surface area (Å²) in [5.74, 6) is 0.822. The van der Waals surface area contributed by atoms with Gasteiger partial charge in [0.1, 0.15) is 5.75 Å². The second-order valence-corrected chi connectivity index (χ2v) is 7.21. The van der Waals surface area contributed by atoms with Gasteiger partial charge in [-0.15, -0.1) is 19.0 Å². The van der Waals surface area contributed by atoms with Gasteiger partial charge in [-0.3, -0.25) is 4.79 Å². The summed E-state index contributed by atoms with van der Waals surface area (Å²) in [6.45, 7) is 0. The molecule has 0 fully saturated rings. The number of hydrogen-bond acceptors (Lipinski definition) is 7. The second kappa shape index (κ2) is 7.82. The molecule has 1 aliphatic rings. The van der Waals surface area contributed by atoms with E-state index in [4.69, 9.17) is 4.74 Å². The molecule has 0 radical (unpaired) electrons. The number of carbonyl (C=O) groups is 1. The van der Waals surface area contributed by atoms with Crippen LogP contribution in [0.3, 0.4) is 0 Å². The molecular weight excluding hydrogens is 418 g/mol. The Hall–Kier alpha value is -3.34. The highest BCUT2D eigenvalue weighted by Crippen LogP contribution is 2.42. The molecule has 2 aromatic carbocycles. The molecule has 156 valence electrons. The third-order valence-electron chi connectivity index (χ3n) is 4.18. The number of fused-ring (bicyclic) bond motifs is 1. The average Bonchev–Trinajstić information content (AvgIpc) is 3.23. The maximum absolute atomic E-state index is 13.1. The molecule has 0 spiro atoms. The number of nitrogens with one attached hydrogen (secondary N) is 1. The first-order chi connectivity index (χ1) is 14.3. The van der Waals surface area contributed by atoms with Crippen molar-refractivity contribution >= 4 is 23.4 Å². The van der Waals surface area contributed by atoms with Crippen LogP contribution in [0, 0.1) is 0 Å². The number of hydrogen-bond donors (Lipinski definition) is 1. The highest BCUT2D eigenvalue weighted by molar-refractivity contribution is 7.99. The second-order valence-electron chi connectivity index (χ2n) is 6.26. The Morgan fingerprint density at radius 3 is 2.80 bits per heavy atom. The van der Waals surface area contributed by atoms with Gasteiger partial charge in [-0.2, -0.15) is 0 Å². The normalized spacial score (nSPS) is 13.9. The van der Waals surface area contributed by atoms with E-state index in [1.54, 1.807) is 18.7 Å². The van der Waals surface area contributed by atoms with Gasteiger partial charge in [0, 0.05) is 24.4 Å². The molecule has 1 aromatic heterocycles. The number of nitrogens with zero attached hydrogens (tertiary/aromatic N) is 3. The smallest absolute Gasteiger partial charge is 0.497 e. The maximum Gasteiger partial charge on any atom is 0.586 e. The fraction of sp³-hybridized carbons (Fsp3) is 0.211. The van der Waals surface area contributed by atoms with Crippen LogP contribution in [0.1, 0.15) is 0 Å². The molecular formula is C19H16F2N4O4S. The number of methoxy groups -OCH3 is 1. The van der Waals surface area contributed by atoms with Crippen molar-refractivity contribution in [3.63, 3.8) is 0 Å². The maximum atomic E-state index is 13.1. The predicted molar refractivity (Wildman–Crippen MR) is 105 cm³/mol. The van der Waals surface area contributed by atoms with Crippen molar-refractivity contribution in [3.8, 4) is 28.6 Å². The summed E-state index contributed by atoms with van der Waals surface area (Å²) >= 11 is 1.20. The van der Waals surface area contributed by atoms with E-state index in [9.17, 15) is 13.6 Å². The van der Waals surface area contributed by atoms with Crippen molar-refractivity contribution in [2.75, 3.05) is 18.2 Å². The Bertz CT molecular complexity index is 1110. The summed E-state index contributed by atoms with van der Waals surface area (Å²) in [5.41, 5.74) is 1.15. The van der Waals surface area contributed by atoms with Crippen LogP contribution in [0.25, 0.3) is 11.4 Å². The number of halogens is 2. The zero-order valence-electron chi connectivity index (χ0n) is 15.9. The highest BCUT2D eigenvalue weighted by atomic mass is 32.2. The Morgan fingerprint density at radius 1 is 1.20 bits per heavy atom. The van der Waals surface area contributed by atoms with E-state index in [0.717, 1.165) is 5.56 Å². The van der Waals surface area contributed by atoms with Gasteiger partial charge in [0.15, 0.2) is 22.5 Å². The summed E-state index contributed by atoms with van der Waals surface area (Å²) in [4.78, 5) is 12.3. The van der Waals surface area contributed by atoms with Crippen molar-refractivity contribution < 1.29 is 27.8 Å². The Balaban J connectivity index is 1.39. The number of alkyl halides is 2. The molecule has 2 heterocycles. The number of benzene rings is 2. The summed E-state index contributed by atoms with van der Waals surface area (Å²) in [7, 11) is 3.38. The highest BCUT2D eigenvalue weighted by Gasteiger charge is 2.43.